The summed E-state index contributed by atoms with van der Waals surface area (Å²) >= 11 is 1.30. The largest absolute Gasteiger partial charge is 0.496 e. The zero-order valence-electron chi connectivity index (χ0n) is 18.7. The second kappa shape index (κ2) is 9.96. The molecule has 34 heavy (non-hydrogen) atoms. The van der Waals surface area contributed by atoms with Gasteiger partial charge in [-0.3, -0.25) is 4.79 Å². The van der Waals surface area contributed by atoms with E-state index in [1.54, 1.807) is 18.1 Å². The van der Waals surface area contributed by atoms with Crippen LogP contribution in [-0.2, 0) is 18.0 Å². The zero-order valence-corrected chi connectivity index (χ0v) is 19.6. The molecule has 1 amide bonds. The van der Waals surface area contributed by atoms with Crippen LogP contribution in [0.15, 0.2) is 53.7 Å². The summed E-state index contributed by atoms with van der Waals surface area (Å²) in [6.45, 7) is 1.83. The lowest BCUT2D eigenvalue weighted by atomic mass is 10.1. The molecule has 4 rings (SSSR count). The van der Waals surface area contributed by atoms with E-state index in [1.807, 2.05) is 40.8 Å². The number of nitrogens with zero attached hydrogens (tertiary/aromatic N) is 5. The molecule has 2 aromatic carbocycles. The average molecular weight is 492 g/mol. The second-order valence-corrected chi connectivity index (χ2v) is 8.71. The summed E-state index contributed by atoms with van der Waals surface area (Å²) in [5.41, 5.74) is 0.652. The van der Waals surface area contributed by atoms with Crippen LogP contribution in [0, 0.1) is 0 Å². The Hall–Kier alpha value is -3.21. The first-order valence-electron chi connectivity index (χ1n) is 10.6. The minimum Gasteiger partial charge on any atom is -0.496 e. The van der Waals surface area contributed by atoms with Crippen molar-refractivity contribution >= 4 is 23.4 Å². The first-order valence-corrected chi connectivity index (χ1v) is 11.6. The number of piperazine rings is 1. The van der Waals surface area contributed by atoms with Crippen LogP contribution < -0.4 is 9.64 Å². The first kappa shape index (κ1) is 23.9. The number of hydrogen-bond donors (Lipinski definition) is 0. The van der Waals surface area contributed by atoms with Gasteiger partial charge in [0.2, 0.25) is 5.91 Å². The van der Waals surface area contributed by atoms with Gasteiger partial charge in [0.1, 0.15) is 5.75 Å². The summed E-state index contributed by atoms with van der Waals surface area (Å²) in [6, 6.07) is 12.8. The summed E-state index contributed by atoms with van der Waals surface area (Å²) in [5.74, 6) is 1.48. The van der Waals surface area contributed by atoms with E-state index in [0.717, 1.165) is 17.7 Å². The maximum Gasteiger partial charge on any atom is 0.416 e. The van der Waals surface area contributed by atoms with E-state index in [2.05, 4.69) is 10.2 Å². The van der Waals surface area contributed by atoms with Gasteiger partial charge in [0.05, 0.1) is 24.0 Å². The number of ether oxygens (including phenoxy) is 1. The Kier molecular flexibility index (Phi) is 7.01. The van der Waals surface area contributed by atoms with Gasteiger partial charge in [0, 0.05) is 38.9 Å². The van der Waals surface area contributed by atoms with Gasteiger partial charge >= 0.3 is 6.18 Å². The number of anilines is 1. The molecule has 0 saturated carbocycles. The number of thioether (sulfide) groups is 1. The van der Waals surface area contributed by atoms with Crippen LogP contribution in [0.2, 0.25) is 0 Å². The van der Waals surface area contributed by atoms with Crippen molar-refractivity contribution in [2.45, 2.75) is 11.3 Å². The highest BCUT2D eigenvalue weighted by Gasteiger charge is 2.31. The number of para-hydroxylation sites is 1. The molecule has 11 heteroatoms. The summed E-state index contributed by atoms with van der Waals surface area (Å²) < 4.78 is 46.2. The Bertz CT molecular complexity index is 1160. The highest BCUT2D eigenvalue weighted by atomic mass is 32.2. The van der Waals surface area contributed by atoms with Crippen molar-refractivity contribution in [1.29, 1.82) is 0 Å². The molecule has 0 atom stereocenters. The Morgan fingerprint density at radius 2 is 1.79 bits per heavy atom. The minimum absolute atomic E-state index is 0.0458. The van der Waals surface area contributed by atoms with Crippen LogP contribution in [0.25, 0.3) is 11.4 Å². The zero-order chi connectivity index (χ0) is 24.3. The van der Waals surface area contributed by atoms with Crippen molar-refractivity contribution in [1.82, 2.24) is 19.7 Å². The fourth-order valence-corrected chi connectivity index (χ4v) is 4.63. The lowest BCUT2D eigenvalue weighted by molar-refractivity contribution is -0.137. The van der Waals surface area contributed by atoms with E-state index in [4.69, 9.17) is 4.74 Å². The highest BCUT2D eigenvalue weighted by molar-refractivity contribution is 7.99. The maximum absolute atomic E-state index is 13.0. The Morgan fingerprint density at radius 1 is 1.06 bits per heavy atom. The molecule has 0 radical (unpaired) electrons. The Labute approximate surface area is 199 Å². The molecule has 180 valence electrons. The van der Waals surface area contributed by atoms with Gasteiger partial charge < -0.3 is 19.1 Å². The molecular weight excluding hydrogens is 467 g/mol. The van der Waals surface area contributed by atoms with Crippen LogP contribution in [0.1, 0.15) is 5.56 Å². The predicted molar refractivity (Wildman–Crippen MR) is 124 cm³/mol. The molecule has 1 fully saturated rings. The number of aromatic nitrogens is 3. The molecule has 1 aromatic heterocycles. The quantitative estimate of drug-likeness (QED) is 0.487. The van der Waals surface area contributed by atoms with Gasteiger partial charge in [-0.1, -0.05) is 30.0 Å². The van der Waals surface area contributed by atoms with Crippen LogP contribution in [-0.4, -0.2) is 64.6 Å². The molecule has 0 unspecified atom stereocenters. The summed E-state index contributed by atoms with van der Waals surface area (Å²) in [6.07, 6.45) is -4.38. The number of halogens is 3. The van der Waals surface area contributed by atoms with Crippen LogP contribution >= 0.6 is 11.8 Å². The van der Waals surface area contributed by atoms with Crippen LogP contribution in [0.4, 0.5) is 18.9 Å². The molecular formula is C23H24F3N5O2S. The van der Waals surface area contributed by atoms with Gasteiger partial charge in [-0.25, -0.2) is 0 Å². The fourth-order valence-electron chi connectivity index (χ4n) is 3.82. The SMILES string of the molecule is COc1ccccc1-c1nnc(SCC(=O)N2CCN(c3cccc(C(F)(F)F)c3)CC2)n1C. The van der Waals surface area contributed by atoms with E-state index in [9.17, 15) is 18.0 Å². The fraction of sp³-hybridized carbons (Fsp3) is 0.348. The predicted octanol–water partition coefficient (Wildman–Crippen LogP) is 3.95. The monoisotopic (exact) mass is 491 g/mol. The van der Waals surface area contributed by atoms with E-state index in [0.29, 0.717) is 48.6 Å². The van der Waals surface area contributed by atoms with E-state index >= 15 is 0 Å². The second-order valence-electron chi connectivity index (χ2n) is 7.77. The number of rotatable bonds is 6. The average Bonchev–Trinajstić information content (AvgIpc) is 3.22. The lowest BCUT2D eigenvalue weighted by Crippen LogP contribution is -2.49. The molecule has 1 saturated heterocycles. The molecule has 0 aliphatic carbocycles. The molecule has 3 aromatic rings. The van der Waals surface area contributed by atoms with Crippen molar-refractivity contribution in [2.24, 2.45) is 7.05 Å². The van der Waals surface area contributed by atoms with Crippen LogP contribution in [0.5, 0.6) is 5.75 Å². The van der Waals surface area contributed by atoms with E-state index in [1.165, 1.54) is 17.8 Å². The number of methoxy groups -OCH3 is 1. The van der Waals surface area contributed by atoms with Gasteiger partial charge in [0.15, 0.2) is 11.0 Å². The third-order valence-corrected chi connectivity index (χ3v) is 6.68. The molecule has 0 N–H and O–H groups in total. The first-order chi connectivity index (χ1) is 16.3. The van der Waals surface area contributed by atoms with Crippen molar-refractivity contribution in [3.63, 3.8) is 0 Å². The number of carbonyl (C=O) groups excluding carboxylic acids is 1. The molecule has 1 aliphatic rings. The maximum atomic E-state index is 13.0. The van der Waals surface area contributed by atoms with Gasteiger partial charge in [-0.2, -0.15) is 13.2 Å². The molecule has 0 spiro atoms. The van der Waals surface area contributed by atoms with Gasteiger partial charge in [-0.05, 0) is 30.3 Å². The summed E-state index contributed by atoms with van der Waals surface area (Å²) in [5, 5.41) is 9.08. The number of amides is 1. The smallest absolute Gasteiger partial charge is 0.416 e. The van der Waals surface area contributed by atoms with Gasteiger partial charge in [-0.15, -0.1) is 10.2 Å². The molecule has 2 heterocycles. The summed E-state index contributed by atoms with van der Waals surface area (Å²) in [7, 11) is 3.43. The van der Waals surface area contributed by atoms with Crippen LogP contribution in [0.3, 0.4) is 0 Å². The Balaban J connectivity index is 1.34. The lowest BCUT2D eigenvalue weighted by Gasteiger charge is -2.36. The molecule has 0 bridgehead atoms. The summed E-state index contributed by atoms with van der Waals surface area (Å²) in [4.78, 5) is 16.3. The van der Waals surface area contributed by atoms with Gasteiger partial charge in [0.25, 0.3) is 0 Å². The van der Waals surface area contributed by atoms with Crippen molar-refractivity contribution < 1.29 is 22.7 Å². The standard InChI is InChI=1S/C23H24F3N5O2S/c1-29-21(18-8-3-4-9-19(18)33-2)27-28-22(29)34-15-20(32)31-12-10-30(11-13-31)17-7-5-6-16(14-17)23(24,25)26/h3-9,14H,10-13,15H2,1-2H3. The number of carbonyl (C=O) groups is 1. The third kappa shape index (κ3) is 5.14. The topological polar surface area (TPSA) is 63.5 Å². The van der Waals surface area contributed by atoms with Crippen molar-refractivity contribution in [2.75, 3.05) is 43.9 Å². The number of benzene rings is 2. The highest BCUT2D eigenvalue weighted by Crippen LogP contribution is 2.32. The van der Waals surface area contributed by atoms with E-state index < -0.39 is 11.7 Å². The molecule has 1 aliphatic heterocycles. The number of alkyl halides is 3. The van der Waals surface area contributed by atoms with Crippen molar-refractivity contribution in [3.8, 4) is 17.1 Å². The van der Waals surface area contributed by atoms with Crippen molar-refractivity contribution in [3.05, 3.63) is 54.1 Å². The normalized spacial score (nSPS) is 14.4. The number of hydrogen-bond acceptors (Lipinski definition) is 6. The Morgan fingerprint density at radius 3 is 2.50 bits per heavy atom. The third-order valence-electron chi connectivity index (χ3n) is 5.68. The molecule has 7 nitrogen and oxygen atoms in total. The minimum atomic E-state index is -4.38. The van der Waals surface area contributed by atoms with E-state index in [-0.39, 0.29) is 11.7 Å².